The number of amides is 1. The normalized spacial score (nSPS) is 19.9. The number of carbonyl (C=O) groups is 1. The Hall–Kier alpha value is -0.725. The van der Waals surface area contributed by atoms with Gasteiger partial charge >= 0.3 is 0 Å². The van der Waals surface area contributed by atoms with Crippen LogP contribution in [0.2, 0.25) is 0 Å². The van der Waals surface area contributed by atoms with Crippen LogP contribution < -0.4 is 0 Å². The summed E-state index contributed by atoms with van der Waals surface area (Å²) in [6.07, 6.45) is 3.34. The Bertz CT molecular complexity index is 164. The minimum atomic E-state index is 0.00926. The zero-order chi connectivity index (χ0) is 6.85. The number of hydrogen-bond acceptors (Lipinski definition) is 1. The fourth-order valence-electron chi connectivity index (χ4n) is 0.820. The van der Waals surface area contributed by atoms with Gasteiger partial charge in [0.25, 0.3) is 0 Å². The number of allylic oxidation sites excluding steroid dienone is 2. The number of rotatable bonds is 0. The van der Waals surface area contributed by atoms with Gasteiger partial charge in [-0.05, 0) is 19.0 Å². The maximum absolute atomic E-state index is 10.8. The summed E-state index contributed by atoms with van der Waals surface area (Å²) in [6, 6.07) is 0. The molecule has 0 unspecified atom stereocenters. The summed E-state index contributed by atoms with van der Waals surface area (Å²) in [5.41, 5.74) is 0.853. The van der Waals surface area contributed by atoms with Gasteiger partial charge in [-0.3, -0.25) is 4.79 Å². The van der Waals surface area contributed by atoms with Gasteiger partial charge in [0.15, 0.2) is 0 Å². The summed E-state index contributed by atoms with van der Waals surface area (Å²) in [4.78, 5) is 12.0. The zero-order valence-corrected chi connectivity index (χ0v) is 5.42. The molecule has 46 valence electrons. The predicted octanol–water partition coefficient (Wildman–Crippen LogP) is 0.596. The van der Waals surface area contributed by atoms with Crippen LogP contribution in [-0.4, -0.2) is 18.7 Å². The highest BCUT2D eigenvalue weighted by atomic mass is 16.2. The highest BCUT2D eigenvalue weighted by Crippen LogP contribution is 2.11. The molecule has 1 aliphatic heterocycles. The summed E-state index contributed by atoms with van der Waals surface area (Å²) in [5, 5.41) is 0. The van der Waals surface area contributed by atoms with E-state index in [1.807, 2.05) is 13.0 Å². The minimum Gasteiger partial charge on any atom is -0.373 e. The van der Waals surface area contributed by atoms with Gasteiger partial charge in [-0.25, -0.2) is 0 Å². The Labute approximate surface area is 56.0 Å². The summed E-state index contributed by atoms with van der Waals surface area (Å²) < 4.78 is 0. The Kier molecular flexibility index (Phi) is 1.60. The van der Waals surface area contributed by atoms with Crippen LogP contribution in [0.3, 0.4) is 0 Å². The SMILES string of the molecule is [B]N1C(=O)CCC=C1C. The highest BCUT2D eigenvalue weighted by Gasteiger charge is 2.12. The Morgan fingerprint density at radius 3 is 2.89 bits per heavy atom. The van der Waals surface area contributed by atoms with Crippen molar-refractivity contribution in [1.82, 2.24) is 4.81 Å². The predicted molar refractivity (Wildman–Crippen MR) is 35.6 cm³/mol. The molecule has 1 amide bonds. The van der Waals surface area contributed by atoms with Crippen LogP contribution in [0.25, 0.3) is 0 Å². The molecule has 1 heterocycles. The van der Waals surface area contributed by atoms with Crippen LogP contribution in [0.1, 0.15) is 19.8 Å². The van der Waals surface area contributed by atoms with E-state index in [9.17, 15) is 4.79 Å². The van der Waals surface area contributed by atoms with E-state index in [4.69, 9.17) is 7.98 Å². The van der Waals surface area contributed by atoms with Crippen LogP contribution in [0.4, 0.5) is 0 Å². The fourth-order valence-corrected chi connectivity index (χ4v) is 0.820. The van der Waals surface area contributed by atoms with Crippen LogP contribution >= 0.6 is 0 Å². The molecular weight excluding hydrogens is 113 g/mol. The second-order valence-electron chi connectivity index (χ2n) is 2.15. The average molecular weight is 121 g/mol. The van der Waals surface area contributed by atoms with Crippen LogP contribution in [-0.2, 0) is 4.79 Å². The summed E-state index contributed by atoms with van der Waals surface area (Å²) >= 11 is 0. The third-order valence-corrected chi connectivity index (χ3v) is 1.45. The summed E-state index contributed by atoms with van der Waals surface area (Å²) in [5.74, 6) is 0.00926. The van der Waals surface area contributed by atoms with Crippen molar-refractivity contribution in [2.45, 2.75) is 19.8 Å². The molecule has 0 N–H and O–H groups in total. The van der Waals surface area contributed by atoms with Gasteiger partial charge in [0, 0.05) is 6.42 Å². The average Bonchev–Trinajstić information content (AvgIpc) is 1.83. The molecule has 0 saturated carbocycles. The smallest absolute Gasteiger partial charge is 0.238 e. The third kappa shape index (κ3) is 1.15. The van der Waals surface area contributed by atoms with Crippen molar-refractivity contribution < 1.29 is 4.79 Å². The lowest BCUT2D eigenvalue weighted by Crippen LogP contribution is -2.28. The first-order valence-electron chi connectivity index (χ1n) is 2.96. The molecule has 0 aliphatic carbocycles. The van der Waals surface area contributed by atoms with E-state index in [2.05, 4.69) is 0 Å². The maximum atomic E-state index is 10.8. The molecule has 3 heteroatoms. The van der Waals surface area contributed by atoms with Gasteiger partial charge in [-0.15, -0.1) is 0 Å². The van der Waals surface area contributed by atoms with Crippen molar-refractivity contribution in [3.63, 3.8) is 0 Å². The van der Waals surface area contributed by atoms with Gasteiger partial charge in [0.05, 0.1) is 0 Å². The van der Waals surface area contributed by atoms with Crippen LogP contribution in [0.5, 0.6) is 0 Å². The van der Waals surface area contributed by atoms with Crippen LogP contribution in [0.15, 0.2) is 11.8 Å². The molecule has 0 atom stereocenters. The van der Waals surface area contributed by atoms with Crippen molar-refractivity contribution in [2.75, 3.05) is 0 Å². The molecule has 0 spiro atoms. The minimum absolute atomic E-state index is 0.00926. The zero-order valence-electron chi connectivity index (χ0n) is 5.42. The molecule has 2 nitrogen and oxygen atoms in total. The lowest BCUT2D eigenvalue weighted by atomic mass is 10.1. The monoisotopic (exact) mass is 121 g/mol. The van der Waals surface area contributed by atoms with Crippen molar-refractivity contribution in [2.24, 2.45) is 0 Å². The summed E-state index contributed by atoms with van der Waals surface area (Å²) in [6.45, 7) is 1.83. The van der Waals surface area contributed by atoms with Crippen molar-refractivity contribution >= 4 is 13.9 Å². The lowest BCUT2D eigenvalue weighted by Gasteiger charge is -2.22. The molecule has 9 heavy (non-hydrogen) atoms. The van der Waals surface area contributed by atoms with E-state index in [-0.39, 0.29) is 5.91 Å². The van der Waals surface area contributed by atoms with Crippen molar-refractivity contribution in [3.05, 3.63) is 11.8 Å². The Balaban J connectivity index is 2.74. The number of nitrogens with zero attached hydrogens (tertiary/aromatic N) is 1. The first-order chi connectivity index (χ1) is 4.22. The van der Waals surface area contributed by atoms with E-state index in [1.54, 1.807) is 0 Å². The van der Waals surface area contributed by atoms with Crippen LogP contribution in [0, 0.1) is 0 Å². The molecule has 1 aliphatic rings. The van der Waals surface area contributed by atoms with E-state index in [0.29, 0.717) is 6.42 Å². The molecule has 0 aromatic heterocycles. The number of carbonyl (C=O) groups excluding carboxylic acids is 1. The van der Waals surface area contributed by atoms with Gasteiger partial charge in [-0.1, -0.05) is 6.08 Å². The van der Waals surface area contributed by atoms with E-state index in [1.165, 1.54) is 4.81 Å². The first-order valence-corrected chi connectivity index (χ1v) is 2.96. The maximum Gasteiger partial charge on any atom is 0.238 e. The largest absolute Gasteiger partial charge is 0.373 e. The summed E-state index contributed by atoms with van der Waals surface area (Å²) in [7, 11) is 5.34. The van der Waals surface area contributed by atoms with Crippen molar-refractivity contribution in [3.8, 4) is 0 Å². The molecular formula is C6H8BNO. The second-order valence-corrected chi connectivity index (χ2v) is 2.15. The van der Waals surface area contributed by atoms with Gasteiger partial charge in [0.2, 0.25) is 13.9 Å². The topological polar surface area (TPSA) is 20.3 Å². The second kappa shape index (κ2) is 2.25. The first kappa shape index (κ1) is 6.40. The standard InChI is InChI=1S/C6H8BNO/c1-5-3-2-4-6(9)8(5)7/h3H,2,4H2,1H3. The quantitative estimate of drug-likeness (QED) is 0.429. The Morgan fingerprint density at radius 1 is 1.78 bits per heavy atom. The Morgan fingerprint density at radius 2 is 2.44 bits per heavy atom. The molecule has 1 rings (SSSR count). The molecule has 0 saturated heterocycles. The third-order valence-electron chi connectivity index (χ3n) is 1.45. The number of hydrogen-bond donors (Lipinski definition) is 0. The molecule has 0 aromatic rings. The molecule has 0 aromatic carbocycles. The van der Waals surface area contributed by atoms with E-state index in [0.717, 1.165) is 12.1 Å². The van der Waals surface area contributed by atoms with Gasteiger partial charge in [-0.2, -0.15) is 0 Å². The lowest BCUT2D eigenvalue weighted by molar-refractivity contribution is -0.125. The molecule has 0 bridgehead atoms. The highest BCUT2D eigenvalue weighted by molar-refractivity contribution is 6.15. The van der Waals surface area contributed by atoms with Crippen molar-refractivity contribution in [1.29, 1.82) is 0 Å². The van der Waals surface area contributed by atoms with Gasteiger partial charge < -0.3 is 4.81 Å². The molecule has 2 radical (unpaired) electrons. The molecule has 0 fully saturated rings. The van der Waals surface area contributed by atoms with Gasteiger partial charge in [0.1, 0.15) is 0 Å². The van der Waals surface area contributed by atoms with E-state index >= 15 is 0 Å². The fraction of sp³-hybridized carbons (Fsp3) is 0.500. The van der Waals surface area contributed by atoms with E-state index < -0.39 is 0 Å².